The molecule has 1 aromatic carbocycles. The first-order valence-electron chi connectivity index (χ1n) is 7.89. The molecule has 20 heavy (non-hydrogen) atoms. The molecule has 0 aliphatic heterocycles. The molecule has 1 aromatic rings. The van der Waals surface area contributed by atoms with E-state index in [0.29, 0.717) is 17.4 Å². The number of hydrogen-bond donors (Lipinski definition) is 1. The highest BCUT2D eigenvalue weighted by Gasteiger charge is 2.37. The van der Waals surface area contributed by atoms with Crippen molar-refractivity contribution in [2.45, 2.75) is 46.6 Å². The minimum Gasteiger partial charge on any atom is -0.381 e. The van der Waals surface area contributed by atoms with E-state index in [1.807, 2.05) is 0 Å². The first-order valence-corrected chi connectivity index (χ1v) is 7.89. The van der Waals surface area contributed by atoms with Gasteiger partial charge in [0.2, 0.25) is 0 Å². The van der Waals surface area contributed by atoms with Crippen molar-refractivity contribution in [3.05, 3.63) is 35.4 Å². The van der Waals surface area contributed by atoms with Crippen LogP contribution in [0.2, 0.25) is 0 Å². The second kappa shape index (κ2) is 6.73. The minimum absolute atomic E-state index is 0.308. The first kappa shape index (κ1) is 15.5. The van der Waals surface area contributed by atoms with E-state index < -0.39 is 0 Å². The Balaban J connectivity index is 1.80. The Morgan fingerprint density at radius 1 is 1.30 bits per heavy atom. The summed E-state index contributed by atoms with van der Waals surface area (Å²) in [4.78, 5) is 0. The fourth-order valence-electron chi connectivity index (χ4n) is 3.12. The van der Waals surface area contributed by atoms with Crippen LogP contribution in [-0.4, -0.2) is 19.8 Å². The number of rotatable bonds is 7. The molecular weight excluding hydrogens is 246 g/mol. The predicted octanol–water partition coefficient (Wildman–Crippen LogP) is 3.96. The molecule has 2 rings (SSSR count). The van der Waals surface area contributed by atoms with E-state index in [4.69, 9.17) is 4.74 Å². The summed E-state index contributed by atoms with van der Waals surface area (Å²) in [6, 6.07) is 9.32. The molecule has 0 bridgehead atoms. The molecule has 2 nitrogen and oxygen atoms in total. The molecule has 0 spiro atoms. The fourth-order valence-corrected chi connectivity index (χ4v) is 3.12. The van der Waals surface area contributed by atoms with Crippen LogP contribution in [0.5, 0.6) is 0 Å². The molecule has 0 saturated heterocycles. The average molecular weight is 275 g/mol. The van der Waals surface area contributed by atoms with Crippen LogP contribution >= 0.6 is 0 Å². The van der Waals surface area contributed by atoms with Crippen molar-refractivity contribution in [1.82, 2.24) is 5.32 Å². The van der Waals surface area contributed by atoms with Crippen LogP contribution in [0, 0.1) is 11.3 Å². The van der Waals surface area contributed by atoms with E-state index in [0.717, 1.165) is 26.2 Å². The lowest BCUT2D eigenvalue weighted by Crippen LogP contribution is -2.32. The molecule has 1 unspecified atom stereocenters. The van der Waals surface area contributed by atoms with E-state index in [1.54, 1.807) is 0 Å². The standard InChI is InChI=1S/C18H29NO/c1-14(2)13-20-11-7-10-19-17-16-9-6-5-8-15(16)12-18(17,3)4/h5-6,8-9,14,17,19H,7,10-13H2,1-4H3. The van der Waals surface area contributed by atoms with E-state index in [1.165, 1.54) is 17.5 Å². The van der Waals surface area contributed by atoms with Gasteiger partial charge in [0.05, 0.1) is 0 Å². The van der Waals surface area contributed by atoms with Crippen LogP contribution in [0.1, 0.15) is 51.3 Å². The van der Waals surface area contributed by atoms with E-state index >= 15 is 0 Å². The molecular formula is C18H29NO. The Morgan fingerprint density at radius 2 is 2.05 bits per heavy atom. The van der Waals surface area contributed by atoms with Gasteiger partial charge in [0, 0.05) is 19.3 Å². The zero-order chi connectivity index (χ0) is 14.6. The summed E-state index contributed by atoms with van der Waals surface area (Å²) >= 11 is 0. The molecule has 2 heteroatoms. The van der Waals surface area contributed by atoms with Gasteiger partial charge in [0.15, 0.2) is 0 Å². The number of fused-ring (bicyclic) bond motifs is 1. The molecule has 1 aliphatic carbocycles. The third kappa shape index (κ3) is 3.83. The van der Waals surface area contributed by atoms with Gasteiger partial charge in [-0.3, -0.25) is 0 Å². The van der Waals surface area contributed by atoms with Crippen LogP contribution in [0.25, 0.3) is 0 Å². The first-order chi connectivity index (χ1) is 9.50. The number of ether oxygens (including phenoxy) is 1. The predicted molar refractivity (Wildman–Crippen MR) is 84.9 cm³/mol. The molecule has 0 radical (unpaired) electrons. The molecule has 0 heterocycles. The maximum atomic E-state index is 5.64. The molecule has 0 fully saturated rings. The second-order valence-corrected chi connectivity index (χ2v) is 7.07. The van der Waals surface area contributed by atoms with Crippen molar-refractivity contribution in [2.24, 2.45) is 11.3 Å². The van der Waals surface area contributed by atoms with Gasteiger partial charge >= 0.3 is 0 Å². The lowest BCUT2D eigenvalue weighted by Gasteiger charge is -2.28. The maximum absolute atomic E-state index is 5.64. The number of hydrogen-bond acceptors (Lipinski definition) is 2. The summed E-state index contributed by atoms with van der Waals surface area (Å²) in [5.74, 6) is 0.628. The van der Waals surface area contributed by atoms with Crippen LogP contribution in [0.15, 0.2) is 24.3 Å². The highest BCUT2D eigenvalue weighted by molar-refractivity contribution is 5.37. The fraction of sp³-hybridized carbons (Fsp3) is 0.667. The van der Waals surface area contributed by atoms with Crippen molar-refractivity contribution >= 4 is 0 Å². The normalized spacial score (nSPS) is 20.4. The number of nitrogens with one attached hydrogen (secondary N) is 1. The summed E-state index contributed by atoms with van der Waals surface area (Å²) < 4.78 is 5.64. The number of benzene rings is 1. The van der Waals surface area contributed by atoms with Crippen LogP contribution in [-0.2, 0) is 11.2 Å². The van der Waals surface area contributed by atoms with Gasteiger partial charge in [0.1, 0.15) is 0 Å². The lowest BCUT2D eigenvalue weighted by atomic mass is 9.85. The SMILES string of the molecule is CC(C)COCCCNC1c2ccccc2CC1(C)C. The third-order valence-corrected chi connectivity index (χ3v) is 4.06. The van der Waals surface area contributed by atoms with Gasteiger partial charge in [-0.25, -0.2) is 0 Å². The molecule has 0 saturated carbocycles. The van der Waals surface area contributed by atoms with Crippen LogP contribution < -0.4 is 5.32 Å². The van der Waals surface area contributed by atoms with Crippen molar-refractivity contribution in [3.8, 4) is 0 Å². The molecule has 112 valence electrons. The largest absolute Gasteiger partial charge is 0.381 e. The Kier molecular flexibility index (Phi) is 5.22. The van der Waals surface area contributed by atoms with Gasteiger partial charge in [-0.2, -0.15) is 0 Å². The van der Waals surface area contributed by atoms with Crippen molar-refractivity contribution in [2.75, 3.05) is 19.8 Å². The van der Waals surface area contributed by atoms with Gasteiger partial charge in [-0.1, -0.05) is 52.0 Å². The summed E-state index contributed by atoms with van der Waals surface area (Å²) in [6.07, 6.45) is 2.26. The highest BCUT2D eigenvalue weighted by atomic mass is 16.5. The quantitative estimate of drug-likeness (QED) is 0.760. The second-order valence-electron chi connectivity index (χ2n) is 7.07. The summed E-state index contributed by atoms with van der Waals surface area (Å²) in [5, 5.41) is 3.74. The molecule has 0 aromatic heterocycles. The third-order valence-electron chi connectivity index (χ3n) is 4.06. The van der Waals surface area contributed by atoms with Crippen LogP contribution in [0.4, 0.5) is 0 Å². The molecule has 1 atom stereocenters. The van der Waals surface area contributed by atoms with Crippen LogP contribution in [0.3, 0.4) is 0 Å². The minimum atomic E-state index is 0.308. The summed E-state index contributed by atoms with van der Waals surface area (Å²) in [6.45, 7) is 11.9. The smallest absolute Gasteiger partial charge is 0.0489 e. The zero-order valence-electron chi connectivity index (χ0n) is 13.4. The monoisotopic (exact) mass is 275 g/mol. The van der Waals surface area contributed by atoms with E-state index in [9.17, 15) is 0 Å². The highest BCUT2D eigenvalue weighted by Crippen LogP contribution is 2.44. The Morgan fingerprint density at radius 3 is 2.80 bits per heavy atom. The summed E-state index contributed by atoms with van der Waals surface area (Å²) in [5.41, 5.74) is 3.30. The van der Waals surface area contributed by atoms with Gasteiger partial charge in [-0.05, 0) is 41.8 Å². The molecule has 1 aliphatic rings. The van der Waals surface area contributed by atoms with E-state index in [-0.39, 0.29) is 0 Å². The van der Waals surface area contributed by atoms with Crippen molar-refractivity contribution in [3.63, 3.8) is 0 Å². The van der Waals surface area contributed by atoms with Gasteiger partial charge in [-0.15, -0.1) is 0 Å². The maximum Gasteiger partial charge on any atom is 0.0489 e. The average Bonchev–Trinajstić information content (AvgIpc) is 2.63. The molecule has 0 amide bonds. The van der Waals surface area contributed by atoms with Gasteiger partial charge < -0.3 is 10.1 Å². The topological polar surface area (TPSA) is 21.3 Å². The Hall–Kier alpha value is -0.860. The lowest BCUT2D eigenvalue weighted by molar-refractivity contribution is 0.106. The summed E-state index contributed by atoms with van der Waals surface area (Å²) in [7, 11) is 0. The zero-order valence-corrected chi connectivity index (χ0v) is 13.4. The Bertz CT molecular complexity index is 425. The van der Waals surface area contributed by atoms with E-state index in [2.05, 4.69) is 57.3 Å². The molecule has 1 N–H and O–H groups in total. The van der Waals surface area contributed by atoms with Crippen molar-refractivity contribution < 1.29 is 4.74 Å². The van der Waals surface area contributed by atoms with Gasteiger partial charge in [0.25, 0.3) is 0 Å². The van der Waals surface area contributed by atoms with Crippen molar-refractivity contribution in [1.29, 1.82) is 0 Å². The Labute approximate surface area is 123 Å².